The van der Waals surface area contributed by atoms with E-state index in [-0.39, 0.29) is 0 Å². The fourth-order valence-corrected chi connectivity index (χ4v) is 2.39. The highest BCUT2D eigenvalue weighted by Crippen LogP contribution is 2.41. The minimum Gasteiger partial charge on any atom is -0.478 e. The number of pyridine rings is 1. The number of aryl methyl sites for hydroxylation is 2. The van der Waals surface area contributed by atoms with Gasteiger partial charge in [0, 0.05) is 11.5 Å². The fraction of sp³-hybridized carbons (Fsp3) is 0.294. The van der Waals surface area contributed by atoms with Crippen LogP contribution in [0.1, 0.15) is 45.9 Å². The summed E-state index contributed by atoms with van der Waals surface area (Å²) in [5.41, 5.74) is 5.47. The Hall–Kier alpha value is -2.16. The molecule has 2 aromatic rings. The smallest absolute Gasteiger partial charge is 0.337 e. The Labute approximate surface area is 118 Å². The molecular weight excluding hydrogens is 250 g/mol. The summed E-state index contributed by atoms with van der Waals surface area (Å²) in [6.07, 6.45) is 2.09. The first-order valence-corrected chi connectivity index (χ1v) is 6.88. The van der Waals surface area contributed by atoms with Crippen molar-refractivity contribution in [2.45, 2.75) is 32.6 Å². The van der Waals surface area contributed by atoms with Crippen LogP contribution in [0.15, 0.2) is 30.3 Å². The molecule has 0 saturated heterocycles. The lowest BCUT2D eigenvalue weighted by atomic mass is 10.0. The number of carbonyl (C=O) groups is 1. The second-order valence-corrected chi connectivity index (χ2v) is 5.51. The molecule has 1 aromatic heterocycles. The average Bonchev–Trinajstić information content (AvgIpc) is 3.25. The molecule has 1 fully saturated rings. The van der Waals surface area contributed by atoms with E-state index >= 15 is 0 Å². The highest BCUT2D eigenvalue weighted by atomic mass is 16.4. The van der Waals surface area contributed by atoms with Gasteiger partial charge >= 0.3 is 5.97 Å². The summed E-state index contributed by atoms with van der Waals surface area (Å²) < 4.78 is 0. The molecule has 0 spiro atoms. The van der Waals surface area contributed by atoms with Crippen LogP contribution >= 0.6 is 0 Å². The summed E-state index contributed by atoms with van der Waals surface area (Å²) in [6.45, 7) is 4.15. The summed E-state index contributed by atoms with van der Waals surface area (Å²) in [6, 6.07) is 9.72. The van der Waals surface area contributed by atoms with E-state index in [2.05, 4.69) is 31.0 Å². The maximum absolute atomic E-state index is 11.3. The van der Waals surface area contributed by atoms with Crippen LogP contribution in [0.2, 0.25) is 0 Å². The number of carboxylic acid groups (broad SMARTS) is 1. The Kier molecular flexibility index (Phi) is 3.05. The van der Waals surface area contributed by atoms with Crippen molar-refractivity contribution in [2.75, 3.05) is 0 Å². The monoisotopic (exact) mass is 267 g/mol. The SMILES string of the molecule is Cc1ccc(-c2ccc(C(=O)O)c(C3CC3)n2)cc1C. The summed E-state index contributed by atoms with van der Waals surface area (Å²) in [5, 5.41) is 9.24. The molecule has 0 amide bonds. The first-order chi connectivity index (χ1) is 9.56. The number of nitrogens with zero attached hydrogens (tertiary/aromatic N) is 1. The van der Waals surface area contributed by atoms with Crippen molar-refractivity contribution in [1.82, 2.24) is 4.98 Å². The second kappa shape index (κ2) is 4.75. The number of carboxylic acids is 1. The molecule has 1 N–H and O–H groups in total. The van der Waals surface area contributed by atoms with Crippen LogP contribution < -0.4 is 0 Å². The van der Waals surface area contributed by atoms with Crippen molar-refractivity contribution in [2.24, 2.45) is 0 Å². The Morgan fingerprint density at radius 1 is 1.15 bits per heavy atom. The van der Waals surface area contributed by atoms with Crippen LogP contribution in [0, 0.1) is 13.8 Å². The summed E-state index contributed by atoms with van der Waals surface area (Å²) >= 11 is 0. The summed E-state index contributed by atoms with van der Waals surface area (Å²) in [5.74, 6) is -0.557. The molecule has 0 atom stereocenters. The van der Waals surface area contributed by atoms with E-state index < -0.39 is 5.97 Å². The largest absolute Gasteiger partial charge is 0.478 e. The van der Waals surface area contributed by atoms with Crippen LogP contribution in [-0.4, -0.2) is 16.1 Å². The quantitative estimate of drug-likeness (QED) is 0.916. The molecule has 1 saturated carbocycles. The molecule has 1 aromatic carbocycles. The Balaban J connectivity index is 2.08. The van der Waals surface area contributed by atoms with Crippen molar-refractivity contribution < 1.29 is 9.90 Å². The molecule has 3 nitrogen and oxygen atoms in total. The van der Waals surface area contributed by atoms with Gasteiger partial charge in [0.1, 0.15) is 0 Å². The Bertz CT molecular complexity index is 687. The van der Waals surface area contributed by atoms with Gasteiger partial charge in [-0.2, -0.15) is 0 Å². The maximum Gasteiger partial charge on any atom is 0.337 e. The molecule has 0 aliphatic heterocycles. The highest BCUT2D eigenvalue weighted by molar-refractivity contribution is 5.89. The van der Waals surface area contributed by atoms with Crippen molar-refractivity contribution in [3.05, 3.63) is 52.7 Å². The van der Waals surface area contributed by atoms with Crippen molar-refractivity contribution in [3.8, 4) is 11.3 Å². The second-order valence-electron chi connectivity index (χ2n) is 5.51. The third kappa shape index (κ3) is 2.31. The van der Waals surface area contributed by atoms with Gasteiger partial charge in [0.2, 0.25) is 0 Å². The van der Waals surface area contributed by atoms with Gasteiger partial charge < -0.3 is 5.11 Å². The number of rotatable bonds is 3. The van der Waals surface area contributed by atoms with Crippen LogP contribution in [0.3, 0.4) is 0 Å². The van der Waals surface area contributed by atoms with E-state index in [9.17, 15) is 9.90 Å². The molecule has 1 heterocycles. The molecule has 1 aliphatic rings. The van der Waals surface area contributed by atoms with E-state index in [4.69, 9.17) is 0 Å². The lowest BCUT2D eigenvalue weighted by Gasteiger charge is -2.09. The van der Waals surface area contributed by atoms with Crippen LogP contribution in [0.25, 0.3) is 11.3 Å². The summed E-state index contributed by atoms with van der Waals surface area (Å²) in [7, 11) is 0. The zero-order chi connectivity index (χ0) is 14.3. The topological polar surface area (TPSA) is 50.2 Å². The number of benzene rings is 1. The number of hydrogen-bond donors (Lipinski definition) is 1. The van der Waals surface area contributed by atoms with E-state index in [1.165, 1.54) is 11.1 Å². The zero-order valence-electron chi connectivity index (χ0n) is 11.7. The van der Waals surface area contributed by atoms with E-state index in [1.54, 1.807) is 12.1 Å². The van der Waals surface area contributed by atoms with Crippen LogP contribution in [-0.2, 0) is 0 Å². The fourth-order valence-electron chi connectivity index (χ4n) is 2.39. The van der Waals surface area contributed by atoms with Gasteiger partial charge in [-0.25, -0.2) is 4.79 Å². The normalized spacial score (nSPS) is 14.3. The molecule has 3 rings (SSSR count). The molecule has 0 unspecified atom stereocenters. The first kappa shape index (κ1) is 12.9. The predicted octanol–water partition coefficient (Wildman–Crippen LogP) is 3.94. The van der Waals surface area contributed by atoms with E-state index in [0.717, 1.165) is 29.8 Å². The maximum atomic E-state index is 11.3. The predicted molar refractivity (Wildman–Crippen MR) is 78.1 cm³/mol. The van der Waals surface area contributed by atoms with Gasteiger partial charge in [-0.1, -0.05) is 12.1 Å². The van der Waals surface area contributed by atoms with Crippen LogP contribution in [0.5, 0.6) is 0 Å². The average molecular weight is 267 g/mol. The third-order valence-electron chi connectivity index (χ3n) is 3.92. The minimum absolute atomic E-state index is 0.326. The molecule has 0 radical (unpaired) electrons. The number of aromatic carboxylic acids is 1. The highest BCUT2D eigenvalue weighted by Gasteiger charge is 2.30. The van der Waals surface area contributed by atoms with Gasteiger partial charge in [-0.15, -0.1) is 0 Å². The van der Waals surface area contributed by atoms with Crippen molar-refractivity contribution in [1.29, 1.82) is 0 Å². The van der Waals surface area contributed by atoms with Crippen molar-refractivity contribution in [3.63, 3.8) is 0 Å². The molecule has 20 heavy (non-hydrogen) atoms. The lowest BCUT2D eigenvalue weighted by molar-refractivity contribution is 0.0695. The van der Waals surface area contributed by atoms with Gasteiger partial charge in [0.05, 0.1) is 17.0 Å². The third-order valence-corrected chi connectivity index (χ3v) is 3.92. The number of hydrogen-bond acceptors (Lipinski definition) is 2. The lowest BCUT2D eigenvalue weighted by Crippen LogP contribution is -2.04. The standard InChI is InChI=1S/C17H17NO2/c1-10-3-4-13(9-11(10)2)15-8-7-14(17(19)20)16(18-15)12-5-6-12/h3-4,7-9,12H,5-6H2,1-2H3,(H,19,20). The molecule has 102 valence electrons. The first-order valence-electron chi connectivity index (χ1n) is 6.88. The molecule has 1 aliphatic carbocycles. The minimum atomic E-state index is -0.883. The Morgan fingerprint density at radius 3 is 2.50 bits per heavy atom. The Morgan fingerprint density at radius 2 is 1.90 bits per heavy atom. The van der Waals surface area contributed by atoms with Gasteiger partial charge in [-0.05, 0) is 56.0 Å². The van der Waals surface area contributed by atoms with Gasteiger partial charge in [-0.3, -0.25) is 4.98 Å². The van der Waals surface area contributed by atoms with Gasteiger partial charge in [0.15, 0.2) is 0 Å². The summed E-state index contributed by atoms with van der Waals surface area (Å²) in [4.78, 5) is 15.9. The molecule has 3 heteroatoms. The van der Waals surface area contributed by atoms with Crippen LogP contribution in [0.4, 0.5) is 0 Å². The zero-order valence-corrected chi connectivity index (χ0v) is 11.7. The van der Waals surface area contributed by atoms with Gasteiger partial charge in [0.25, 0.3) is 0 Å². The van der Waals surface area contributed by atoms with Crippen molar-refractivity contribution >= 4 is 5.97 Å². The molecular formula is C17H17NO2. The van der Waals surface area contributed by atoms with E-state index in [0.29, 0.717) is 11.5 Å². The number of aromatic nitrogens is 1. The molecule has 0 bridgehead atoms. The van der Waals surface area contributed by atoms with E-state index in [1.807, 2.05) is 6.07 Å².